The second-order valence-corrected chi connectivity index (χ2v) is 3.92. The lowest BCUT2D eigenvalue weighted by Gasteiger charge is -2.05. The van der Waals surface area contributed by atoms with Crippen LogP contribution >= 0.6 is 11.6 Å². The highest BCUT2D eigenvalue weighted by molar-refractivity contribution is 6.30. The van der Waals surface area contributed by atoms with Crippen molar-refractivity contribution in [2.24, 2.45) is 0 Å². The summed E-state index contributed by atoms with van der Waals surface area (Å²) in [4.78, 5) is 15.4. The van der Waals surface area contributed by atoms with Crippen molar-refractivity contribution in [1.82, 2.24) is 4.98 Å². The molecule has 1 aromatic rings. The highest BCUT2D eigenvalue weighted by Crippen LogP contribution is 2.16. The first kappa shape index (κ1) is 12.9. The van der Waals surface area contributed by atoms with Crippen LogP contribution in [0.4, 0.5) is 5.69 Å². The average Bonchev–Trinajstić information content (AvgIpc) is 2.24. The maximum atomic E-state index is 11.4. The van der Waals surface area contributed by atoms with Crippen molar-refractivity contribution in [3.63, 3.8) is 0 Å². The van der Waals surface area contributed by atoms with Crippen LogP contribution in [0.3, 0.4) is 0 Å². The van der Waals surface area contributed by atoms with E-state index in [1.807, 2.05) is 6.92 Å². The van der Waals surface area contributed by atoms with Gasteiger partial charge < -0.3 is 10.4 Å². The van der Waals surface area contributed by atoms with Crippen LogP contribution in [-0.4, -0.2) is 22.6 Å². The number of aliphatic hydroxyl groups is 1. The monoisotopic (exact) mass is 242 g/mol. The molecular weight excluding hydrogens is 228 g/mol. The molecule has 0 spiro atoms. The Balaban J connectivity index is 2.46. The third-order valence-electron chi connectivity index (χ3n) is 2.11. The van der Waals surface area contributed by atoms with Crippen LogP contribution < -0.4 is 5.32 Å². The zero-order valence-electron chi connectivity index (χ0n) is 9.16. The molecule has 0 unspecified atom stereocenters. The van der Waals surface area contributed by atoms with Crippen LogP contribution in [0.1, 0.15) is 24.8 Å². The molecule has 1 rings (SSSR count). The number of pyridine rings is 1. The van der Waals surface area contributed by atoms with Gasteiger partial charge in [-0.25, -0.2) is 4.98 Å². The average molecular weight is 243 g/mol. The van der Waals surface area contributed by atoms with Crippen LogP contribution in [0.15, 0.2) is 12.3 Å². The van der Waals surface area contributed by atoms with Gasteiger partial charge >= 0.3 is 0 Å². The molecule has 0 aliphatic carbocycles. The first-order valence-electron chi connectivity index (χ1n) is 5.16. The zero-order valence-corrected chi connectivity index (χ0v) is 9.92. The van der Waals surface area contributed by atoms with E-state index in [4.69, 9.17) is 16.7 Å². The van der Waals surface area contributed by atoms with Gasteiger partial charge in [-0.05, 0) is 31.4 Å². The highest BCUT2D eigenvalue weighted by Gasteiger charge is 2.04. The minimum Gasteiger partial charge on any atom is -0.396 e. The zero-order chi connectivity index (χ0) is 12.0. The van der Waals surface area contributed by atoms with E-state index in [9.17, 15) is 4.79 Å². The second-order valence-electron chi connectivity index (χ2n) is 3.56. The van der Waals surface area contributed by atoms with Gasteiger partial charge in [0.15, 0.2) is 0 Å². The Kier molecular flexibility index (Phi) is 5.22. The Morgan fingerprint density at radius 1 is 1.56 bits per heavy atom. The van der Waals surface area contributed by atoms with E-state index >= 15 is 0 Å². The summed E-state index contributed by atoms with van der Waals surface area (Å²) < 4.78 is 0. The predicted molar refractivity (Wildman–Crippen MR) is 63.6 cm³/mol. The molecule has 4 nitrogen and oxygen atoms in total. The lowest BCUT2D eigenvalue weighted by molar-refractivity contribution is -0.116. The van der Waals surface area contributed by atoms with Gasteiger partial charge in [-0.1, -0.05) is 11.6 Å². The van der Waals surface area contributed by atoms with Crippen LogP contribution in [0.25, 0.3) is 0 Å². The van der Waals surface area contributed by atoms with Gasteiger partial charge in [0.05, 0.1) is 11.9 Å². The van der Waals surface area contributed by atoms with E-state index in [0.717, 1.165) is 5.56 Å². The van der Waals surface area contributed by atoms with Gasteiger partial charge in [0, 0.05) is 13.0 Å². The molecule has 0 aliphatic rings. The van der Waals surface area contributed by atoms with Crippen LogP contribution in [0.2, 0.25) is 5.15 Å². The third-order valence-corrected chi connectivity index (χ3v) is 2.51. The molecule has 1 amide bonds. The summed E-state index contributed by atoms with van der Waals surface area (Å²) in [7, 11) is 0. The Labute approximate surface area is 99.6 Å². The predicted octanol–water partition coefficient (Wildman–Crippen LogP) is 2.14. The molecular formula is C11H15ClN2O2. The fourth-order valence-corrected chi connectivity index (χ4v) is 1.35. The summed E-state index contributed by atoms with van der Waals surface area (Å²) in [6.45, 7) is 1.95. The standard InChI is InChI=1S/C11H15ClN2O2/c1-8-6-9(7-13-11(8)12)14-10(16)4-2-3-5-15/h6-7,15H,2-5H2,1H3,(H,14,16). The van der Waals surface area contributed by atoms with E-state index in [2.05, 4.69) is 10.3 Å². The Bertz CT molecular complexity index is 369. The molecule has 0 aliphatic heterocycles. The molecule has 0 atom stereocenters. The van der Waals surface area contributed by atoms with E-state index in [1.165, 1.54) is 6.20 Å². The fraction of sp³-hybridized carbons (Fsp3) is 0.455. The molecule has 0 aromatic carbocycles. The summed E-state index contributed by atoms with van der Waals surface area (Å²) in [5.41, 5.74) is 1.48. The van der Waals surface area contributed by atoms with Crippen molar-refractivity contribution < 1.29 is 9.90 Å². The lowest BCUT2D eigenvalue weighted by atomic mass is 10.2. The summed E-state index contributed by atoms with van der Waals surface area (Å²) in [5, 5.41) is 11.7. The Hall–Kier alpha value is -1.13. The van der Waals surface area contributed by atoms with Gasteiger partial charge in [-0.2, -0.15) is 0 Å². The molecule has 0 radical (unpaired) electrons. The van der Waals surface area contributed by atoms with Crippen molar-refractivity contribution in [2.75, 3.05) is 11.9 Å². The summed E-state index contributed by atoms with van der Waals surface area (Å²) >= 11 is 5.77. The van der Waals surface area contributed by atoms with Gasteiger partial charge in [0.1, 0.15) is 5.15 Å². The molecule has 5 heteroatoms. The summed E-state index contributed by atoms with van der Waals surface area (Å²) in [5.74, 6) is -0.0722. The summed E-state index contributed by atoms with van der Waals surface area (Å²) in [6.07, 6.45) is 3.26. The lowest BCUT2D eigenvalue weighted by Crippen LogP contribution is -2.11. The number of aromatic nitrogens is 1. The highest BCUT2D eigenvalue weighted by atomic mass is 35.5. The second kappa shape index (κ2) is 6.45. The Morgan fingerprint density at radius 2 is 2.31 bits per heavy atom. The van der Waals surface area contributed by atoms with Gasteiger partial charge in [-0.3, -0.25) is 4.79 Å². The number of rotatable bonds is 5. The van der Waals surface area contributed by atoms with Crippen molar-refractivity contribution in [2.45, 2.75) is 26.2 Å². The topological polar surface area (TPSA) is 62.2 Å². The van der Waals surface area contributed by atoms with Gasteiger partial charge in [-0.15, -0.1) is 0 Å². The summed E-state index contributed by atoms with van der Waals surface area (Å²) in [6, 6.07) is 1.78. The van der Waals surface area contributed by atoms with E-state index in [-0.39, 0.29) is 12.5 Å². The molecule has 1 aromatic heterocycles. The van der Waals surface area contributed by atoms with E-state index in [1.54, 1.807) is 6.07 Å². The van der Waals surface area contributed by atoms with Gasteiger partial charge in [0.2, 0.25) is 5.91 Å². The molecule has 2 N–H and O–H groups in total. The molecule has 0 fully saturated rings. The van der Waals surface area contributed by atoms with Crippen molar-refractivity contribution in [3.05, 3.63) is 23.0 Å². The molecule has 0 bridgehead atoms. The number of amides is 1. The number of carbonyl (C=O) groups excluding carboxylic acids is 1. The first-order valence-corrected chi connectivity index (χ1v) is 5.54. The molecule has 1 heterocycles. The number of hydrogen-bond donors (Lipinski definition) is 2. The number of anilines is 1. The van der Waals surface area contributed by atoms with E-state index < -0.39 is 0 Å². The van der Waals surface area contributed by atoms with Crippen LogP contribution in [0, 0.1) is 6.92 Å². The molecule has 88 valence electrons. The van der Waals surface area contributed by atoms with Gasteiger partial charge in [0.25, 0.3) is 0 Å². The third kappa shape index (κ3) is 4.16. The smallest absolute Gasteiger partial charge is 0.224 e. The van der Waals surface area contributed by atoms with E-state index in [0.29, 0.717) is 30.1 Å². The van der Waals surface area contributed by atoms with Crippen molar-refractivity contribution in [3.8, 4) is 0 Å². The maximum absolute atomic E-state index is 11.4. The Morgan fingerprint density at radius 3 is 2.94 bits per heavy atom. The quantitative estimate of drug-likeness (QED) is 0.614. The molecule has 16 heavy (non-hydrogen) atoms. The molecule has 0 saturated heterocycles. The number of nitrogens with one attached hydrogen (secondary N) is 1. The number of unbranched alkanes of at least 4 members (excludes halogenated alkanes) is 1. The number of aliphatic hydroxyl groups excluding tert-OH is 1. The minimum absolute atomic E-state index is 0.0722. The maximum Gasteiger partial charge on any atom is 0.224 e. The van der Waals surface area contributed by atoms with Crippen LogP contribution in [0.5, 0.6) is 0 Å². The number of carbonyl (C=O) groups is 1. The first-order chi connectivity index (χ1) is 7.63. The fourth-order valence-electron chi connectivity index (χ4n) is 1.25. The SMILES string of the molecule is Cc1cc(NC(=O)CCCCO)cnc1Cl. The van der Waals surface area contributed by atoms with Crippen LogP contribution in [-0.2, 0) is 4.79 Å². The van der Waals surface area contributed by atoms with Crippen molar-refractivity contribution >= 4 is 23.2 Å². The number of aryl methyl sites for hydroxylation is 1. The number of nitrogens with zero attached hydrogens (tertiary/aromatic N) is 1. The number of halogens is 1. The number of hydrogen-bond acceptors (Lipinski definition) is 3. The van der Waals surface area contributed by atoms with Crippen molar-refractivity contribution in [1.29, 1.82) is 0 Å². The minimum atomic E-state index is -0.0722. The largest absolute Gasteiger partial charge is 0.396 e. The normalized spacial score (nSPS) is 10.2. The molecule has 0 saturated carbocycles.